The lowest BCUT2D eigenvalue weighted by molar-refractivity contribution is -0.139. The summed E-state index contributed by atoms with van der Waals surface area (Å²) < 4.78 is 0. The Balaban J connectivity index is 1.51. The Morgan fingerprint density at radius 2 is 1.54 bits per heavy atom. The van der Waals surface area contributed by atoms with Crippen molar-refractivity contribution < 1.29 is 9.90 Å². The molecule has 0 heterocycles. The summed E-state index contributed by atoms with van der Waals surface area (Å²) in [5, 5.41) is 12.7. The van der Waals surface area contributed by atoms with Crippen molar-refractivity contribution in [3.8, 4) is 0 Å². The fourth-order valence-electron chi connectivity index (χ4n) is 3.70. The highest BCUT2D eigenvalue weighted by Gasteiger charge is 2.25. The van der Waals surface area contributed by atoms with Crippen molar-refractivity contribution in [1.82, 2.24) is 5.32 Å². The monoisotopic (exact) mass is 323 g/mol. The topological polar surface area (TPSA) is 49.3 Å². The molecule has 0 aliphatic heterocycles. The fraction of sp³-hybridized carbons (Fsp3) is 0.381. The quantitative estimate of drug-likeness (QED) is 0.829. The van der Waals surface area contributed by atoms with Gasteiger partial charge in [-0.2, -0.15) is 0 Å². The minimum atomic E-state index is -0.806. The van der Waals surface area contributed by atoms with Crippen molar-refractivity contribution in [2.45, 2.75) is 37.6 Å². The SMILES string of the molecule is O=C(O)[C@@H](NCC1CCC(c2ccccc2)CC1)c1ccccc1. The molecular formula is C21H25NO2. The first-order valence-electron chi connectivity index (χ1n) is 8.80. The van der Waals surface area contributed by atoms with E-state index in [1.54, 1.807) is 0 Å². The Morgan fingerprint density at radius 3 is 2.12 bits per heavy atom. The Kier molecular flexibility index (Phi) is 5.65. The normalized spacial score (nSPS) is 22.0. The van der Waals surface area contributed by atoms with E-state index in [1.165, 1.54) is 18.4 Å². The van der Waals surface area contributed by atoms with Crippen LogP contribution in [0, 0.1) is 5.92 Å². The summed E-state index contributed by atoms with van der Waals surface area (Å²) in [6.45, 7) is 0.771. The van der Waals surface area contributed by atoms with Crippen molar-refractivity contribution in [3.63, 3.8) is 0 Å². The summed E-state index contributed by atoms with van der Waals surface area (Å²) >= 11 is 0. The van der Waals surface area contributed by atoms with Crippen LogP contribution in [-0.4, -0.2) is 17.6 Å². The fourth-order valence-corrected chi connectivity index (χ4v) is 3.70. The number of hydrogen-bond donors (Lipinski definition) is 2. The molecular weight excluding hydrogens is 298 g/mol. The van der Waals surface area contributed by atoms with E-state index in [-0.39, 0.29) is 0 Å². The first-order valence-corrected chi connectivity index (χ1v) is 8.80. The van der Waals surface area contributed by atoms with E-state index >= 15 is 0 Å². The van der Waals surface area contributed by atoms with Crippen LogP contribution in [0.2, 0.25) is 0 Å². The number of benzene rings is 2. The maximum Gasteiger partial charge on any atom is 0.325 e. The molecule has 0 amide bonds. The molecule has 1 atom stereocenters. The summed E-state index contributed by atoms with van der Waals surface area (Å²) in [4.78, 5) is 11.5. The van der Waals surface area contributed by atoms with Crippen LogP contribution < -0.4 is 5.32 Å². The molecule has 0 unspecified atom stereocenters. The zero-order valence-electron chi connectivity index (χ0n) is 13.9. The molecule has 126 valence electrons. The molecule has 3 nitrogen and oxygen atoms in total. The molecule has 0 spiro atoms. The van der Waals surface area contributed by atoms with Gasteiger partial charge in [-0.15, -0.1) is 0 Å². The van der Waals surface area contributed by atoms with E-state index in [4.69, 9.17) is 0 Å². The van der Waals surface area contributed by atoms with Gasteiger partial charge < -0.3 is 10.4 Å². The molecule has 2 aromatic rings. The largest absolute Gasteiger partial charge is 0.480 e. The predicted octanol–water partition coefficient (Wildman–Crippen LogP) is 4.38. The van der Waals surface area contributed by atoms with E-state index in [0.29, 0.717) is 11.8 Å². The third-order valence-electron chi connectivity index (χ3n) is 5.11. The van der Waals surface area contributed by atoms with Crippen LogP contribution >= 0.6 is 0 Å². The van der Waals surface area contributed by atoms with Gasteiger partial charge in [-0.25, -0.2) is 0 Å². The standard InChI is InChI=1S/C21H25NO2/c23-21(24)20(19-9-5-2-6-10-19)22-15-16-11-13-18(14-12-16)17-7-3-1-4-8-17/h1-10,16,18,20,22H,11-15H2,(H,23,24)/t16?,18?,20-/m0/s1. The average Bonchev–Trinajstić information content (AvgIpc) is 2.64. The summed E-state index contributed by atoms with van der Waals surface area (Å²) in [5.74, 6) is 0.418. The van der Waals surface area contributed by atoms with Gasteiger partial charge in [0.2, 0.25) is 0 Å². The molecule has 0 aromatic heterocycles. The van der Waals surface area contributed by atoms with Crippen molar-refractivity contribution in [2.24, 2.45) is 5.92 Å². The van der Waals surface area contributed by atoms with Gasteiger partial charge >= 0.3 is 5.97 Å². The van der Waals surface area contributed by atoms with Gasteiger partial charge in [0.05, 0.1) is 0 Å². The molecule has 1 aliphatic carbocycles. The van der Waals surface area contributed by atoms with E-state index in [9.17, 15) is 9.90 Å². The van der Waals surface area contributed by atoms with E-state index in [2.05, 4.69) is 35.6 Å². The van der Waals surface area contributed by atoms with E-state index < -0.39 is 12.0 Å². The number of hydrogen-bond acceptors (Lipinski definition) is 2. The van der Waals surface area contributed by atoms with Crippen molar-refractivity contribution in [2.75, 3.05) is 6.54 Å². The minimum absolute atomic E-state index is 0.565. The maximum absolute atomic E-state index is 11.5. The molecule has 1 fully saturated rings. The highest BCUT2D eigenvalue weighted by atomic mass is 16.4. The first kappa shape index (κ1) is 16.7. The lowest BCUT2D eigenvalue weighted by atomic mass is 9.78. The number of carboxylic acid groups (broad SMARTS) is 1. The summed E-state index contributed by atoms with van der Waals surface area (Å²) in [6.07, 6.45) is 4.71. The van der Waals surface area contributed by atoms with Crippen LogP contribution in [0.3, 0.4) is 0 Å². The van der Waals surface area contributed by atoms with Crippen LogP contribution in [0.1, 0.15) is 48.8 Å². The van der Waals surface area contributed by atoms with Crippen LogP contribution in [0.5, 0.6) is 0 Å². The average molecular weight is 323 g/mol. The van der Waals surface area contributed by atoms with Crippen molar-refractivity contribution in [3.05, 3.63) is 71.8 Å². The Labute approximate surface area is 143 Å². The molecule has 3 rings (SSSR count). The second-order valence-corrected chi connectivity index (χ2v) is 6.72. The lowest BCUT2D eigenvalue weighted by Crippen LogP contribution is -2.33. The number of aliphatic carboxylic acids is 1. The van der Waals surface area contributed by atoms with Gasteiger partial charge in [-0.3, -0.25) is 4.79 Å². The zero-order chi connectivity index (χ0) is 16.8. The van der Waals surface area contributed by atoms with Crippen LogP contribution in [0.25, 0.3) is 0 Å². The Morgan fingerprint density at radius 1 is 0.958 bits per heavy atom. The highest BCUT2D eigenvalue weighted by molar-refractivity contribution is 5.75. The molecule has 24 heavy (non-hydrogen) atoms. The van der Waals surface area contributed by atoms with E-state index in [1.807, 2.05) is 30.3 Å². The number of rotatable bonds is 6. The highest BCUT2D eigenvalue weighted by Crippen LogP contribution is 2.35. The Bertz CT molecular complexity index is 633. The smallest absolute Gasteiger partial charge is 0.325 e. The number of carboxylic acids is 1. The molecule has 0 radical (unpaired) electrons. The molecule has 1 aliphatic rings. The molecule has 2 N–H and O–H groups in total. The van der Waals surface area contributed by atoms with Crippen LogP contribution in [0.4, 0.5) is 0 Å². The van der Waals surface area contributed by atoms with Gasteiger partial charge in [0.1, 0.15) is 6.04 Å². The van der Waals surface area contributed by atoms with Gasteiger partial charge in [0.15, 0.2) is 0 Å². The number of nitrogens with one attached hydrogen (secondary N) is 1. The van der Waals surface area contributed by atoms with Crippen LogP contribution in [0.15, 0.2) is 60.7 Å². The second-order valence-electron chi connectivity index (χ2n) is 6.72. The maximum atomic E-state index is 11.5. The van der Waals surface area contributed by atoms with Gasteiger partial charge in [-0.05, 0) is 55.2 Å². The van der Waals surface area contributed by atoms with Gasteiger partial charge in [0, 0.05) is 0 Å². The summed E-state index contributed by atoms with van der Waals surface area (Å²) in [6, 6.07) is 19.5. The second kappa shape index (κ2) is 8.11. The molecule has 1 saturated carbocycles. The summed E-state index contributed by atoms with van der Waals surface area (Å²) in [7, 11) is 0. The lowest BCUT2D eigenvalue weighted by Gasteiger charge is -2.30. The third kappa shape index (κ3) is 4.24. The first-order chi connectivity index (χ1) is 11.7. The van der Waals surface area contributed by atoms with Crippen molar-refractivity contribution >= 4 is 5.97 Å². The molecule has 3 heteroatoms. The molecule has 2 aromatic carbocycles. The van der Waals surface area contributed by atoms with Gasteiger partial charge in [0.25, 0.3) is 0 Å². The zero-order valence-corrected chi connectivity index (χ0v) is 13.9. The van der Waals surface area contributed by atoms with Gasteiger partial charge in [-0.1, -0.05) is 60.7 Å². The number of carbonyl (C=O) groups is 1. The van der Waals surface area contributed by atoms with Crippen molar-refractivity contribution in [1.29, 1.82) is 0 Å². The predicted molar refractivity (Wildman–Crippen MR) is 96.0 cm³/mol. The molecule has 0 saturated heterocycles. The summed E-state index contributed by atoms with van der Waals surface area (Å²) in [5.41, 5.74) is 2.26. The van der Waals surface area contributed by atoms with E-state index in [0.717, 1.165) is 24.9 Å². The van der Waals surface area contributed by atoms with Crippen LogP contribution in [-0.2, 0) is 4.79 Å². The third-order valence-corrected chi connectivity index (χ3v) is 5.11. The minimum Gasteiger partial charge on any atom is -0.480 e. The molecule has 0 bridgehead atoms. The Hall–Kier alpha value is -2.13.